The Morgan fingerprint density at radius 3 is 2.00 bits per heavy atom. The summed E-state index contributed by atoms with van der Waals surface area (Å²) in [5.41, 5.74) is -0.294. The minimum Gasteiger partial charge on any atom is -0.437 e. The number of hydrogen-bond donors (Lipinski definition) is 0. The van der Waals surface area contributed by atoms with Gasteiger partial charge in [-0.1, -0.05) is 11.6 Å². The van der Waals surface area contributed by atoms with E-state index in [2.05, 4.69) is 4.98 Å². The van der Waals surface area contributed by atoms with Gasteiger partial charge in [0.25, 0.3) is 5.56 Å². The van der Waals surface area contributed by atoms with E-state index in [1.165, 1.54) is 30.3 Å². The highest BCUT2D eigenvalue weighted by molar-refractivity contribution is 6.31. The predicted molar refractivity (Wildman–Crippen MR) is 105 cm³/mol. The normalized spacial score (nSPS) is 10.5. The molecule has 3 rings (SSSR count). The number of aromatic nitrogens is 1. The number of ether oxygens (including phenoxy) is 3. The van der Waals surface area contributed by atoms with Gasteiger partial charge in [-0.15, -0.1) is 0 Å². The number of halogens is 1. The average Bonchev–Trinajstić information content (AvgIpc) is 2.62. The van der Waals surface area contributed by atoms with Crippen molar-refractivity contribution in [3.63, 3.8) is 0 Å². The molecule has 1 aromatic heterocycles. The Bertz CT molecular complexity index is 1210. The van der Waals surface area contributed by atoms with Crippen molar-refractivity contribution in [2.75, 3.05) is 0 Å². The summed E-state index contributed by atoms with van der Waals surface area (Å²) in [6.45, 7) is 3.38. The minimum atomic E-state index is -0.741. The molecule has 0 amide bonds. The first-order chi connectivity index (χ1) is 14.1. The molecule has 10 heteroatoms. The molecular formula is C20H14ClNO8. The molecule has 1 heterocycles. The molecule has 154 valence electrons. The highest BCUT2D eigenvalue weighted by Crippen LogP contribution is 2.42. The molecule has 0 aliphatic rings. The number of rotatable bonds is 4. The number of carbonyl (C=O) groups is 3. The van der Waals surface area contributed by atoms with E-state index in [4.69, 9.17) is 30.2 Å². The quantitative estimate of drug-likeness (QED) is 0.452. The van der Waals surface area contributed by atoms with Gasteiger partial charge in [-0.05, 0) is 24.3 Å². The standard InChI is InChI=1S/C20H14ClNO8/c1-9(23)27-16-6-12(7-17(28-10(2)24)18(16)29-11(3)25)20-22-19(26)14-5-4-13(21)8-15(14)30-20/h4-8H,1-3H3. The zero-order valence-electron chi connectivity index (χ0n) is 16.0. The fourth-order valence-corrected chi connectivity index (χ4v) is 2.73. The second-order valence-corrected chi connectivity index (χ2v) is 6.48. The first kappa shape index (κ1) is 21.0. The monoisotopic (exact) mass is 431 g/mol. The number of benzene rings is 2. The summed E-state index contributed by atoms with van der Waals surface area (Å²) in [6, 6.07) is 6.95. The molecule has 0 radical (unpaired) electrons. The van der Waals surface area contributed by atoms with Crippen LogP contribution in [0.2, 0.25) is 5.02 Å². The third kappa shape index (κ3) is 4.64. The lowest BCUT2D eigenvalue weighted by Crippen LogP contribution is -2.11. The summed E-state index contributed by atoms with van der Waals surface area (Å²) in [7, 11) is 0. The zero-order chi connectivity index (χ0) is 22.0. The Balaban J connectivity index is 2.27. The summed E-state index contributed by atoms with van der Waals surface area (Å²) >= 11 is 5.96. The third-order valence-corrected chi connectivity index (χ3v) is 3.84. The molecule has 0 spiro atoms. The highest BCUT2D eigenvalue weighted by atomic mass is 35.5. The lowest BCUT2D eigenvalue weighted by atomic mass is 10.1. The number of hydrogen-bond acceptors (Lipinski definition) is 9. The summed E-state index contributed by atoms with van der Waals surface area (Å²) < 4.78 is 20.9. The van der Waals surface area contributed by atoms with Crippen molar-refractivity contribution < 1.29 is 33.0 Å². The molecule has 0 fully saturated rings. The van der Waals surface area contributed by atoms with Gasteiger partial charge in [-0.2, -0.15) is 4.98 Å². The molecule has 0 atom stereocenters. The van der Waals surface area contributed by atoms with E-state index in [-0.39, 0.29) is 39.7 Å². The van der Waals surface area contributed by atoms with Crippen molar-refractivity contribution in [1.29, 1.82) is 0 Å². The van der Waals surface area contributed by atoms with Crippen LogP contribution in [0.5, 0.6) is 17.2 Å². The van der Waals surface area contributed by atoms with Gasteiger partial charge in [-0.25, -0.2) is 0 Å². The van der Waals surface area contributed by atoms with E-state index in [1.807, 2.05) is 0 Å². The van der Waals surface area contributed by atoms with Crippen molar-refractivity contribution in [3.8, 4) is 28.7 Å². The molecule has 0 aliphatic heterocycles. The summed E-state index contributed by atoms with van der Waals surface area (Å²) in [5.74, 6) is -3.12. The lowest BCUT2D eigenvalue weighted by molar-refractivity contribution is -0.135. The second-order valence-electron chi connectivity index (χ2n) is 6.05. The van der Waals surface area contributed by atoms with Crippen LogP contribution >= 0.6 is 11.6 Å². The number of esters is 3. The maximum atomic E-state index is 12.4. The Kier molecular flexibility index (Phi) is 5.84. The van der Waals surface area contributed by atoms with Crippen LogP contribution in [0, 0.1) is 0 Å². The molecule has 2 aromatic carbocycles. The number of fused-ring (bicyclic) bond motifs is 1. The second kappa shape index (κ2) is 8.34. The predicted octanol–water partition coefficient (Wildman–Crippen LogP) is 3.28. The van der Waals surface area contributed by atoms with Crippen LogP contribution in [0.3, 0.4) is 0 Å². The van der Waals surface area contributed by atoms with Crippen LogP contribution in [-0.4, -0.2) is 22.9 Å². The number of nitrogens with zero attached hydrogens (tertiary/aromatic N) is 1. The van der Waals surface area contributed by atoms with E-state index >= 15 is 0 Å². The molecule has 0 saturated carbocycles. The van der Waals surface area contributed by atoms with E-state index in [0.29, 0.717) is 5.02 Å². The van der Waals surface area contributed by atoms with Crippen LogP contribution in [0.15, 0.2) is 39.5 Å². The first-order valence-electron chi connectivity index (χ1n) is 8.48. The van der Waals surface area contributed by atoms with Crippen LogP contribution in [0.25, 0.3) is 22.4 Å². The van der Waals surface area contributed by atoms with Crippen molar-refractivity contribution >= 4 is 40.5 Å². The van der Waals surface area contributed by atoms with E-state index in [0.717, 1.165) is 20.8 Å². The molecule has 0 aliphatic carbocycles. The Morgan fingerprint density at radius 2 is 1.47 bits per heavy atom. The van der Waals surface area contributed by atoms with Crippen molar-refractivity contribution in [2.45, 2.75) is 20.8 Å². The molecular weight excluding hydrogens is 418 g/mol. The van der Waals surface area contributed by atoms with Crippen LogP contribution in [0.1, 0.15) is 20.8 Å². The van der Waals surface area contributed by atoms with Gasteiger partial charge in [0.2, 0.25) is 11.6 Å². The van der Waals surface area contributed by atoms with Gasteiger partial charge in [-0.3, -0.25) is 19.2 Å². The van der Waals surface area contributed by atoms with Crippen LogP contribution in [0.4, 0.5) is 0 Å². The average molecular weight is 432 g/mol. The fraction of sp³-hybridized carbons (Fsp3) is 0.150. The van der Waals surface area contributed by atoms with Crippen molar-refractivity contribution in [3.05, 3.63) is 45.7 Å². The fourth-order valence-electron chi connectivity index (χ4n) is 2.57. The van der Waals surface area contributed by atoms with E-state index in [9.17, 15) is 19.2 Å². The van der Waals surface area contributed by atoms with Crippen LogP contribution < -0.4 is 19.8 Å². The third-order valence-electron chi connectivity index (χ3n) is 3.60. The largest absolute Gasteiger partial charge is 0.437 e. The van der Waals surface area contributed by atoms with Crippen LogP contribution in [-0.2, 0) is 14.4 Å². The Labute approximate surface area is 174 Å². The molecule has 30 heavy (non-hydrogen) atoms. The Morgan fingerprint density at radius 1 is 0.900 bits per heavy atom. The van der Waals surface area contributed by atoms with Crippen molar-refractivity contribution in [1.82, 2.24) is 4.98 Å². The van der Waals surface area contributed by atoms with Gasteiger partial charge >= 0.3 is 17.9 Å². The van der Waals surface area contributed by atoms with Gasteiger partial charge in [0, 0.05) is 37.4 Å². The maximum Gasteiger partial charge on any atom is 0.308 e. The highest BCUT2D eigenvalue weighted by Gasteiger charge is 2.22. The first-order valence-corrected chi connectivity index (χ1v) is 8.86. The van der Waals surface area contributed by atoms with Gasteiger partial charge in [0.05, 0.1) is 5.39 Å². The van der Waals surface area contributed by atoms with Crippen molar-refractivity contribution in [2.24, 2.45) is 0 Å². The van der Waals surface area contributed by atoms with Gasteiger partial charge in [0.15, 0.2) is 11.5 Å². The van der Waals surface area contributed by atoms with Gasteiger partial charge < -0.3 is 18.6 Å². The molecule has 9 nitrogen and oxygen atoms in total. The number of carbonyl (C=O) groups excluding carboxylic acids is 3. The molecule has 0 unspecified atom stereocenters. The Hall–Kier alpha value is -3.72. The minimum absolute atomic E-state index is 0.123. The summed E-state index contributed by atoms with van der Waals surface area (Å²) in [6.07, 6.45) is 0. The molecule has 0 bridgehead atoms. The summed E-state index contributed by atoms with van der Waals surface area (Å²) in [4.78, 5) is 50.8. The molecule has 0 N–H and O–H groups in total. The topological polar surface area (TPSA) is 122 Å². The summed E-state index contributed by atoms with van der Waals surface area (Å²) in [5, 5.41) is 0.550. The maximum absolute atomic E-state index is 12.4. The molecule has 0 saturated heterocycles. The SMILES string of the molecule is CC(=O)Oc1cc(-c2nc(=O)c3ccc(Cl)cc3o2)cc(OC(C)=O)c1OC(C)=O. The van der Waals surface area contributed by atoms with Gasteiger partial charge in [0.1, 0.15) is 5.58 Å². The molecule has 3 aromatic rings. The lowest BCUT2D eigenvalue weighted by Gasteiger charge is -2.14. The smallest absolute Gasteiger partial charge is 0.308 e. The van der Waals surface area contributed by atoms with E-state index < -0.39 is 23.5 Å². The zero-order valence-corrected chi connectivity index (χ0v) is 16.7. The van der Waals surface area contributed by atoms with E-state index in [1.54, 1.807) is 0 Å².